The second-order valence-corrected chi connectivity index (χ2v) is 2.97. The molecule has 0 unspecified atom stereocenters. The fourth-order valence-corrected chi connectivity index (χ4v) is 1.25. The van der Waals surface area contributed by atoms with Gasteiger partial charge in [0.15, 0.2) is 0 Å². The lowest BCUT2D eigenvalue weighted by Gasteiger charge is -2.01. The Balaban J connectivity index is 3.32. The summed E-state index contributed by atoms with van der Waals surface area (Å²) in [5.41, 5.74) is 1.23. The Bertz CT molecular complexity index is 516. The van der Waals surface area contributed by atoms with Gasteiger partial charge >= 0.3 is 5.97 Å². The molecule has 0 fully saturated rings. The SMILES string of the molecule is COC(=O)c1ccc(N=C=S)c(N=C=S)c1. The summed E-state index contributed by atoms with van der Waals surface area (Å²) in [4.78, 5) is 18.8. The van der Waals surface area contributed by atoms with Crippen LogP contribution < -0.4 is 0 Å². The maximum atomic E-state index is 11.3. The zero-order chi connectivity index (χ0) is 12.0. The van der Waals surface area contributed by atoms with E-state index in [0.717, 1.165) is 0 Å². The molecule has 1 rings (SSSR count). The van der Waals surface area contributed by atoms with Crippen LogP contribution in [0.4, 0.5) is 11.4 Å². The summed E-state index contributed by atoms with van der Waals surface area (Å²) in [7, 11) is 1.30. The Labute approximate surface area is 103 Å². The highest BCUT2D eigenvalue weighted by Crippen LogP contribution is 2.28. The predicted molar refractivity (Wildman–Crippen MR) is 67.2 cm³/mol. The molecule has 4 nitrogen and oxygen atoms in total. The number of ether oxygens (including phenoxy) is 1. The molecule has 0 saturated heterocycles. The van der Waals surface area contributed by atoms with E-state index in [-0.39, 0.29) is 0 Å². The first-order chi connectivity index (χ1) is 7.72. The third-order valence-corrected chi connectivity index (χ3v) is 1.91. The minimum Gasteiger partial charge on any atom is -0.465 e. The maximum absolute atomic E-state index is 11.3. The first-order valence-electron chi connectivity index (χ1n) is 4.11. The summed E-state index contributed by atoms with van der Waals surface area (Å²) in [6, 6.07) is 4.63. The van der Waals surface area contributed by atoms with Crippen molar-refractivity contribution in [1.29, 1.82) is 0 Å². The van der Waals surface area contributed by atoms with Crippen molar-refractivity contribution in [3.63, 3.8) is 0 Å². The van der Waals surface area contributed by atoms with Gasteiger partial charge in [0.2, 0.25) is 0 Å². The summed E-state index contributed by atoms with van der Waals surface area (Å²) < 4.78 is 4.58. The molecule has 0 aliphatic heterocycles. The zero-order valence-corrected chi connectivity index (χ0v) is 9.89. The second-order valence-electron chi connectivity index (χ2n) is 2.60. The van der Waals surface area contributed by atoms with Crippen molar-refractivity contribution in [3.8, 4) is 0 Å². The van der Waals surface area contributed by atoms with Crippen LogP contribution in [0.3, 0.4) is 0 Å². The third kappa shape index (κ3) is 2.89. The quantitative estimate of drug-likeness (QED) is 0.470. The van der Waals surface area contributed by atoms with Gasteiger partial charge in [0, 0.05) is 0 Å². The average molecular weight is 250 g/mol. The van der Waals surface area contributed by atoms with E-state index in [4.69, 9.17) is 0 Å². The Kier molecular flexibility index (Phi) is 4.64. The van der Waals surface area contributed by atoms with Crippen LogP contribution in [0.1, 0.15) is 10.4 Å². The van der Waals surface area contributed by atoms with E-state index in [2.05, 4.69) is 49.5 Å². The van der Waals surface area contributed by atoms with E-state index in [1.807, 2.05) is 0 Å². The lowest BCUT2D eigenvalue weighted by atomic mass is 10.2. The highest BCUT2D eigenvalue weighted by Gasteiger charge is 2.08. The van der Waals surface area contributed by atoms with Gasteiger partial charge in [0.25, 0.3) is 0 Å². The molecule has 0 aliphatic carbocycles. The average Bonchev–Trinajstić information content (AvgIpc) is 2.31. The number of esters is 1. The molecule has 80 valence electrons. The number of thiocarbonyl (C=S) groups is 2. The maximum Gasteiger partial charge on any atom is 0.337 e. The van der Waals surface area contributed by atoms with Gasteiger partial charge in [-0.1, -0.05) is 0 Å². The van der Waals surface area contributed by atoms with E-state index in [9.17, 15) is 4.79 Å². The van der Waals surface area contributed by atoms with E-state index in [0.29, 0.717) is 16.9 Å². The van der Waals surface area contributed by atoms with Gasteiger partial charge in [-0.15, -0.1) is 0 Å². The molecule has 1 aromatic carbocycles. The van der Waals surface area contributed by atoms with Crippen LogP contribution in [-0.2, 0) is 4.74 Å². The molecule has 0 aliphatic rings. The van der Waals surface area contributed by atoms with Crippen molar-refractivity contribution < 1.29 is 9.53 Å². The normalized spacial score (nSPS) is 8.56. The molecular formula is C10H6N2O2S2. The zero-order valence-electron chi connectivity index (χ0n) is 8.26. The van der Waals surface area contributed by atoms with Crippen molar-refractivity contribution in [2.24, 2.45) is 9.98 Å². The minimum atomic E-state index is -0.460. The highest BCUT2D eigenvalue weighted by atomic mass is 32.1. The Morgan fingerprint density at radius 1 is 1.25 bits per heavy atom. The molecule has 0 amide bonds. The van der Waals surface area contributed by atoms with Gasteiger partial charge in [-0.3, -0.25) is 0 Å². The Morgan fingerprint density at radius 2 is 1.88 bits per heavy atom. The number of hydrogen-bond donors (Lipinski definition) is 0. The summed E-state index contributed by atoms with van der Waals surface area (Å²) in [6.07, 6.45) is 0. The number of isothiocyanates is 2. The Hall–Kier alpha value is -1.71. The monoisotopic (exact) mass is 250 g/mol. The van der Waals surface area contributed by atoms with Crippen molar-refractivity contribution in [3.05, 3.63) is 23.8 Å². The number of methoxy groups -OCH3 is 1. The number of aliphatic imine (C=N–C) groups is 2. The molecule has 0 atom stereocenters. The molecule has 0 aromatic heterocycles. The Morgan fingerprint density at radius 3 is 2.44 bits per heavy atom. The van der Waals surface area contributed by atoms with Crippen LogP contribution in [0.5, 0.6) is 0 Å². The van der Waals surface area contributed by atoms with Crippen LogP contribution in [0.15, 0.2) is 28.2 Å². The highest BCUT2D eigenvalue weighted by molar-refractivity contribution is 7.78. The van der Waals surface area contributed by atoms with Crippen LogP contribution in [0.25, 0.3) is 0 Å². The number of rotatable bonds is 3. The van der Waals surface area contributed by atoms with Crippen molar-refractivity contribution in [2.45, 2.75) is 0 Å². The number of carbonyl (C=O) groups excluding carboxylic acids is 1. The van der Waals surface area contributed by atoms with E-state index >= 15 is 0 Å². The molecule has 0 bridgehead atoms. The molecule has 0 N–H and O–H groups in total. The van der Waals surface area contributed by atoms with E-state index in [1.54, 1.807) is 12.1 Å². The standard InChI is InChI=1S/C10H6N2O2S2/c1-14-10(13)7-2-3-8(11-5-15)9(4-7)12-6-16/h2-4H,1H3. The van der Waals surface area contributed by atoms with Crippen LogP contribution in [-0.4, -0.2) is 23.4 Å². The predicted octanol–water partition coefficient (Wildman–Crippen LogP) is 2.94. The number of nitrogens with zero attached hydrogens (tertiary/aromatic N) is 2. The van der Waals surface area contributed by atoms with Gasteiger partial charge in [-0.2, -0.15) is 9.98 Å². The third-order valence-electron chi connectivity index (χ3n) is 1.73. The van der Waals surface area contributed by atoms with Gasteiger partial charge in [0.1, 0.15) is 11.4 Å². The lowest BCUT2D eigenvalue weighted by Crippen LogP contribution is -2.00. The largest absolute Gasteiger partial charge is 0.465 e. The fraction of sp³-hybridized carbons (Fsp3) is 0.100. The van der Waals surface area contributed by atoms with Crippen LogP contribution in [0.2, 0.25) is 0 Å². The summed E-state index contributed by atoms with van der Waals surface area (Å²) in [5.74, 6) is -0.460. The number of hydrogen-bond acceptors (Lipinski definition) is 6. The van der Waals surface area contributed by atoms with E-state index in [1.165, 1.54) is 13.2 Å². The molecule has 0 spiro atoms. The smallest absolute Gasteiger partial charge is 0.337 e. The van der Waals surface area contributed by atoms with Crippen LogP contribution in [0, 0.1) is 0 Å². The molecular weight excluding hydrogens is 244 g/mol. The van der Waals surface area contributed by atoms with Gasteiger partial charge in [-0.05, 0) is 42.6 Å². The fourth-order valence-electron chi connectivity index (χ4n) is 1.05. The lowest BCUT2D eigenvalue weighted by molar-refractivity contribution is 0.0601. The van der Waals surface area contributed by atoms with Crippen LogP contribution >= 0.6 is 24.4 Å². The topological polar surface area (TPSA) is 51.0 Å². The number of carbonyl (C=O) groups is 1. The molecule has 0 heterocycles. The second kappa shape index (κ2) is 6.00. The molecule has 0 saturated carbocycles. The van der Waals surface area contributed by atoms with Crippen molar-refractivity contribution in [1.82, 2.24) is 0 Å². The summed E-state index contributed by atoms with van der Waals surface area (Å²) >= 11 is 8.98. The minimum absolute atomic E-state index is 0.356. The molecule has 1 aromatic rings. The number of benzene rings is 1. The van der Waals surface area contributed by atoms with Crippen molar-refractivity contribution in [2.75, 3.05) is 7.11 Å². The molecule has 0 radical (unpaired) electrons. The van der Waals surface area contributed by atoms with E-state index < -0.39 is 5.97 Å². The first-order valence-corrected chi connectivity index (χ1v) is 4.92. The molecule has 6 heteroatoms. The molecule has 16 heavy (non-hydrogen) atoms. The van der Waals surface area contributed by atoms with Gasteiger partial charge in [0.05, 0.1) is 23.0 Å². The van der Waals surface area contributed by atoms with Gasteiger partial charge < -0.3 is 4.74 Å². The van der Waals surface area contributed by atoms with Gasteiger partial charge in [-0.25, -0.2) is 4.79 Å². The summed E-state index contributed by atoms with van der Waals surface area (Å²) in [6.45, 7) is 0. The first kappa shape index (κ1) is 12.4. The van der Waals surface area contributed by atoms with Crippen molar-refractivity contribution >= 4 is 52.1 Å². The summed E-state index contributed by atoms with van der Waals surface area (Å²) in [5, 5.41) is 4.42.